The average molecular weight is 224 g/mol. The van der Waals surface area contributed by atoms with Crippen LogP contribution in [0.25, 0.3) is 0 Å². The zero-order chi connectivity index (χ0) is 12.0. The van der Waals surface area contributed by atoms with Gasteiger partial charge < -0.3 is 16.1 Å². The summed E-state index contributed by atoms with van der Waals surface area (Å²) in [4.78, 5) is 0. The number of nitrogens with zero attached hydrogens (tertiary/aromatic N) is 1. The van der Waals surface area contributed by atoms with Crippen molar-refractivity contribution in [3.05, 3.63) is 11.8 Å². The third-order valence-corrected chi connectivity index (χ3v) is 2.67. The van der Waals surface area contributed by atoms with Gasteiger partial charge in [0.05, 0.1) is 0 Å². The fourth-order valence-electron chi connectivity index (χ4n) is 1.62. The molecule has 0 heterocycles. The van der Waals surface area contributed by atoms with Crippen LogP contribution >= 0.6 is 0 Å². The molecule has 1 saturated carbocycles. The van der Waals surface area contributed by atoms with Gasteiger partial charge in [-0.15, -0.1) is 0 Å². The minimum Gasteiger partial charge on any atom is -0.391 e. The predicted octanol–water partition coefficient (Wildman–Crippen LogP) is 1.28. The first-order valence-electron chi connectivity index (χ1n) is 5.91. The second-order valence-corrected chi connectivity index (χ2v) is 4.99. The Labute approximate surface area is 98.6 Å². The van der Waals surface area contributed by atoms with E-state index in [0.717, 1.165) is 12.5 Å². The zero-order valence-corrected chi connectivity index (χ0v) is 10.8. The molecule has 1 aliphatic carbocycles. The second kappa shape index (κ2) is 5.77. The smallest absolute Gasteiger partial charge is 0.108 e. The van der Waals surface area contributed by atoms with E-state index < -0.39 is 0 Å². The van der Waals surface area contributed by atoms with Gasteiger partial charge in [0.1, 0.15) is 6.34 Å². The summed E-state index contributed by atoms with van der Waals surface area (Å²) < 4.78 is 0. The number of hydrazone groups is 1. The van der Waals surface area contributed by atoms with Gasteiger partial charge in [-0.25, -0.2) is 0 Å². The van der Waals surface area contributed by atoms with Crippen LogP contribution in [0.2, 0.25) is 0 Å². The SMILES string of the molecule is CN/C=N\NCC(C)(C)/C=C(\NC)C1CC1. The molecule has 0 bridgehead atoms. The molecule has 0 atom stereocenters. The van der Waals surface area contributed by atoms with Gasteiger partial charge in [0.2, 0.25) is 0 Å². The number of rotatable bonds is 7. The molecule has 1 fully saturated rings. The Morgan fingerprint density at radius 3 is 2.56 bits per heavy atom. The number of nitrogens with one attached hydrogen (secondary N) is 3. The first-order chi connectivity index (χ1) is 7.59. The summed E-state index contributed by atoms with van der Waals surface area (Å²) in [6.07, 6.45) is 6.63. The van der Waals surface area contributed by atoms with Crippen LogP contribution < -0.4 is 16.1 Å². The highest BCUT2D eigenvalue weighted by molar-refractivity contribution is 5.52. The second-order valence-electron chi connectivity index (χ2n) is 4.99. The van der Waals surface area contributed by atoms with Crippen LogP contribution in [-0.4, -0.2) is 27.0 Å². The van der Waals surface area contributed by atoms with Crippen molar-refractivity contribution in [3.63, 3.8) is 0 Å². The summed E-state index contributed by atoms with van der Waals surface area (Å²) in [5.41, 5.74) is 4.55. The van der Waals surface area contributed by atoms with Crippen LogP contribution in [0.5, 0.6) is 0 Å². The number of hydrogen-bond donors (Lipinski definition) is 3. The molecule has 1 rings (SSSR count). The normalized spacial score (nSPS) is 17.6. The number of hydrogen-bond acceptors (Lipinski definition) is 3. The van der Waals surface area contributed by atoms with Gasteiger partial charge in [0.15, 0.2) is 0 Å². The summed E-state index contributed by atoms with van der Waals surface area (Å²) in [5, 5.41) is 10.2. The van der Waals surface area contributed by atoms with E-state index in [1.165, 1.54) is 18.5 Å². The van der Waals surface area contributed by atoms with Crippen molar-refractivity contribution in [1.82, 2.24) is 16.1 Å². The molecule has 1 aliphatic rings. The predicted molar refractivity (Wildman–Crippen MR) is 69.2 cm³/mol. The highest BCUT2D eigenvalue weighted by Crippen LogP contribution is 2.36. The molecule has 0 saturated heterocycles. The molecule has 0 aliphatic heterocycles. The summed E-state index contributed by atoms with van der Waals surface area (Å²) in [6.45, 7) is 5.27. The lowest BCUT2D eigenvalue weighted by Crippen LogP contribution is -2.27. The minimum absolute atomic E-state index is 0.117. The lowest BCUT2D eigenvalue weighted by Gasteiger charge is -2.22. The third kappa shape index (κ3) is 4.55. The first-order valence-corrected chi connectivity index (χ1v) is 5.91. The molecule has 92 valence electrons. The first kappa shape index (κ1) is 12.9. The van der Waals surface area contributed by atoms with Gasteiger partial charge in [0.25, 0.3) is 0 Å². The van der Waals surface area contributed by atoms with Crippen LogP contribution in [0, 0.1) is 11.3 Å². The van der Waals surface area contributed by atoms with E-state index in [0.29, 0.717) is 0 Å². The largest absolute Gasteiger partial charge is 0.391 e. The monoisotopic (exact) mass is 224 g/mol. The fourth-order valence-corrected chi connectivity index (χ4v) is 1.62. The maximum atomic E-state index is 4.03. The summed E-state index contributed by atoms with van der Waals surface area (Å²) in [6, 6.07) is 0. The molecule has 0 aromatic heterocycles. The van der Waals surface area contributed by atoms with Crippen LogP contribution in [-0.2, 0) is 0 Å². The van der Waals surface area contributed by atoms with E-state index in [9.17, 15) is 0 Å². The Balaban J connectivity index is 2.44. The van der Waals surface area contributed by atoms with Gasteiger partial charge in [-0.3, -0.25) is 0 Å². The topological polar surface area (TPSA) is 48.5 Å². The summed E-state index contributed by atoms with van der Waals surface area (Å²) in [7, 11) is 3.84. The van der Waals surface area contributed by atoms with Gasteiger partial charge in [-0.1, -0.05) is 19.9 Å². The van der Waals surface area contributed by atoms with Crippen LogP contribution in [0.1, 0.15) is 26.7 Å². The van der Waals surface area contributed by atoms with E-state index in [1.54, 1.807) is 6.34 Å². The van der Waals surface area contributed by atoms with E-state index >= 15 is 0 Å². The lowest BCUT2D eigenvalue weighted by molar-refractivity contribution is 0.434. The average Bonchev–Trinajstić information content (AvgIpc) is 3.05. The van der Waals surface area contributed by atoms with Gasteiger partial charge in [-0.2, -0.15) is 5.10 Å². The van der Waals surface area contributed by atoms with E-state index in [2.05, 4.69) is 41.1 Å². The maximum Gasteiger partial charge on any atom is 0.108 e. The molecule has 4 heteroatoms. The Kier molecular flexibility index (Phi) is 4.65. The third-order valence-electron chi connectivity index (χ3n) is 2.67. The molecule has 0 radical (unpaired) electrons. The molecule has 3 N–H and O–H groups in total. The Morgan fingerprint density at radius 1 is 1.38 bits per heavy atom. The van der Waals surface area contributed by atoms with Gasteiger partial charge in [0, 0.05) is 31.8 Å². The Hall–Kier alpha value is -1.19. The maximum absolute atomic E-state index is 4.03. The molecule has 4 nitrogen and oxygen atoms in total. The van der Waals surface area contributed by atoms with E-state index in [4.69, 9.17) is 0 Å². The van der Waals surface area contributed by atoms with Gasteiger partial charge >= 0.3 is 0 Å². The van der Waals surface area contributed by atoms with Crippen molar-refractivity contribution in [1.29, 1.82) is 0 Å². The minimum atomic E-state index is 0.117. The van der Waals surface area contributed by atoms with Crippen molar-refractivity contribution >= 4 is 6.34 Å². The molecular weight excluding hydrogens is 200 g/mol. The quantitative estimate of drug-likeness (QED) is 0.347. The van der Waals surface area contributed by atoms with Crippen molar-refractivity contribution in [2.45, 2.75) is 26.7 Å². The molecule has 16 heavy (non-hydrogen) atoms. The van der Waals surface area contributed by atoms with Crippen LogP contribution in [0.15, 0.2) is 16.9 Å². The molecular formula is C12H24N4. The van der Waals surface area contributed by atoms with Crippen LogP contribution in [0.4, 0.5) is 0 Å². The van der Waals surface area contributed by atoms with Crippen molar-refractivity contribution in [2.24, 2.45) is 16.4 Å². The van der Waals surface area contributed by atoms with E-state index in [-0.39, 0.29) is 5.41 Å². The Bertz CT molecular complexity index is 264. The summed E-state index contributed by atoms with van der Waals surface area (Å²) in [5.74, 6) is 0.769. The standard InChI is InChI=1S/C12H24N4/c1-12(2,8-15-16-9-13-3)7-11(14-4)10-5-6-10/h7,9-10,14-15H,5-6,8H2,1-4H3,(H,13,16)/b11-7-. The number of allylic oxidation sites excluding steroid dienone is 1. The molecule has 0 amide bonds. The van der Waals surface area contributed by atoms with Crippen LogP contribution in [0.3, 0.4) is 0 Å². The Morgan fingerprint density at radius 2 is 2.06 bits per heavy atom. The summed E-state index contributed by atoms with van der Waals surface area (Å²) >= 11 is 0. The zero-order valence-electron chi connectivity index (χ0n) is 10.8. The lowest BCUT2D eigenvalue weighted by atomic mass is 9.91. The van der Waals surface area contributed by atoms with E-state index in [1.807, 2.05) is 14.1 Å². The van der Waals surface area contributed by atoms with Crippen molar-refractivity contribution in [3.8, 4) is 0 Å². The molecule has 0 unspecified atom stereocenters. The van der Waals surface area contributed by atoms with Gasteiger partial charge in [-0.05, 0) is 18.8 Å². The highest BCUT2D eigenvalue weighted by Gasteiger charge is 2.27. The highest BCUT2D eigenvalue weighted by atomic mass is 15.3. The molecule has 0 spiro atoms. The van der Waals surface area contributed by atoms with Crippen molar-refractivity contribution < 1.29 is 0 Å². The van der Waals surface area contributed by atoms with Crippen molar-refractivity contribution in [2.75, 3.05) is 20.6 Å². The fraction of sp³-hybridized carbons (Fsp3) is 0.750. The molecule has 0 aromatic rings. The molecule has 0 aromatic carbocycles.